The van der Waals surface area contributed by atoms with Gasteiger partial charge in [-0.25, -0.2) is 9.97 Å². The molecule has 1 rings (SSSR count). The van der Waals surface area contributed by atoms with Gasteiger partial charge in [-0.1, -0.05) is 13.8 Å². The van der Waals surface area contributed by atoms with Crippen LogP contribution >= 0.6 is 0 Å². The first-order valence-electron chi connectivity index (χ1n) is 6.00. The van der Waals surface area contributed by atoms with E-state index >= 15 is 0 Å². The lowest BCUT2D eigenvalue weighted by atomic mass is 10.3. The van der Waals surface area contributed by atoms with Gasteiger partial charge in [0.25, 0.3) is 0 Å². The van der Waals surface area contributed by atoms with E-state index in [2.05, 4.69) is 34.0 Å². The first-order valence-corrected chi connectivity index (χ1v) is 6.00. The molecule has 1 N–H and O–H groups in total. The fourth-order valence-corrected chi connectivity index (χ4v) is 1.48. The molecular weight excluding hydrogens is 200 g/mol. The zero-order valence-electron chi connectivity index (χ0n) is 10.5. The molecular formula is C12H22N4. The first kappa shape index (κ1) is 12.9. The molecule has 0 fully saturated rings. The average molecular weight is 222 g/mol. The molecule has 0 atom stereocenters. The van der Waals surface area contributed by atoms with Crippen LogP contribution < -0.4 is 10.2 Å². The summed E-state index contributed by atoms with van der Waals surface area (Å²) in [5.74, 6) is 0.807. The van der Waals surface area contributed by atoms with E-state index in [0.29, 0.717) is 0 Å². The van der Waals surface area contributed by atoms with Gasteiger partial charge < -0.3 is 10.2 Å². The van der Waals surface area contributed by atoms with Crippen molar-refractivity contribution in [2.75, 3.05) is 25.0 Å². The van der Waals surface area contributed by atoms with Gasteiger partial charge in [-0.2, -0.15) is 0 Å². The summed E-state index contributed by atoms with van der Waals surface area (Å²) < 4.78 is 0. The number of nitrogens with one attached hydrogen (secondary N) is 1. The van der Waals surface area contributed by atoms with Gasteiger partial charge in [0.05, 0.1) is 0 Å². The Morgan fingerprint density at radius 2 is 1.88 bits per heavy atom. The lowest BCUT2D eigenvalue weighted by Crippen LogP contribution is -2.21. The van der Waals surface area contributed by atoms with Crippen LogP contribution in [0.4, 0.5) is 5.95 Å². The van der Waals surface area contributed by atoms with Crippen LogP contribution in [0.5, 0.6) is 0 Å². The standard InChI is InChI=1S/C12H22N4/c1-4-6-13-8-11-9-14-12(15-10-11)16(3)7-5-2/h9-10,13H,4-8H2,1-3H3. The quantitative estimate of drug-likeness (QED) is 0.715. The Kier molecular flexibility index (Phi) is 5.78. The third kappa shape index (κ3) is 4.14. The van der Waals surface area contributed by atoms with Gasteiger partial charge in [-0.15, -0.1) is 0 Å². The van der Waals surface area contributed by atoms with E-state index in [1.54, 1.807) is 0 Å². The van der Waals surface area contributed by atoms with Gasteiger partial charge in [0.15, 0.2) is 0 Å². The van der Waals surface area contributed by atoms with Crippen LogP contribution in [0.2, 0.25) is 0 Å². The number of hydrogen-bond acceptors (Lipinski definition) is 4. The summed E-state index contributed by atoms with van der Waals surface area (Å²) in [6.07, 6.45) is 6.06. The largest absolute Gasteiger partial charge is 0.344 e. The summed E-state index contributed by atoms with van der Waals surface area (Å²) in [5.41, 5.74) is 1.14. The topological polar surface area (TPSA) is 41.1 Å². The Morgan fingerprint density at radius 3 is 2.44 bits per heavy atom. The van der Waals surface area contributed by atoms with E-state index < -0.39 is 0 Å². The second-order valence-corrected chi connectivity index (χ2v) is 3.99. The van der Waals surface area contributed by atoms with Crippen LogP contribution in [-0.4, -0.2) is 30.1 Å². The summed E-state index contributed by atoms with van der Waals surface area (Å²) in [6.45, 7) is 7.20. The fourth-order valence-electron chi connectivity index (χ4n) is 1.48. The Bertz CT molecular complexity index is 284. The molecule has 0 aromatic carbocycles. The minimum Gasteiger partial charge on any atom is -0.344 e. The molecule has 0 unspecified atom stereocenters. The van der Waals surface area contributed by atoms with Crippen LogP contribution in [0.3, 0.4) is 0 Å². The highest BCUT2D eigenvalue weighted by molar-refractivity contribution is 5.27. The van der Waals surface area contributed by atoms with Gasteiger partial charge in [-0.05, 0) is 19.4 Å². The highest BCUT2D eigenvalue weighted by Crippen LogP contribution is 2.05. The second kappa shape index (κ2) is 7.17. The first-order chi connectivity index (χ1) is 7.77. The molecule has 0 aliphatic carbocycles. The molecule has 0 aliphatic rings. The molecule has 0 spiro atoms. The van der Waals surface area contributed by atoms with E-state index in [9.17, 15) is 0 Å². The van der Waals surface area contributed by atoms with Gasteiger partial charge in [0.1, 0.15) is 0 Å². The summed E-state index contributed by atoms with van der Waals surface area (Å²) in [5, 5.41) is 3.33. The Hall–Kier alpha value is -1.16. The van der Waals surface area contributed by atoms with Crippen molar-refractivity contribution in [3.05, 3.63) is 18.0 Å². The molecule has 1 aromatic heterocycles. The molecule has 4 heteroatoms. The van der Waals surface area contributed by atoms with E-state index in [1.807, 2.05) is 19.4 Å². The second-order valence-electron chi connectivity index (χ2n) is 3.99. The van der Waals surface area contributed by atoms with Crippen LogP contribution in [0.25, 0.3) is 0 Å². The molecule has 1 heterocycles. The van der Waals surface area contributed by atoms with Crippen molar-refractivity contribution in [1.29, 1.82) is 0 Å². The average Bonchev–Trinajstić information content (AvgIpc) is 2.30. The molecule has 0 amide bonds. The molecule has 0 radical (unpaired) electrons. The third-order valence-corrected chi connectivity index (χ3v) is 2.35. The highest BCUT2D eigenvalue weighted by atomic mass is 15.2. The lowest BCUT2D eigenvalue weighted by molar-refractivity contribution is 0.671. The molecule has 4 nitrogen and oxygen atoms in total. The number of hydrogen-bond donors (Lipinski definition) is 1. The normalized spacial score (nSPS) is 10.4. The molecule has 16 heavy (non-hydrogen) atoms. The van der Waals surface area contributed by atoms with Gasteiger partial charge >= 0.3 is 0 Å². The van der Waals surface area contributed by atoms with Crippen molar-refractivity contribution in [1.82, 2.24) is 15.3 Å². The van der Waals surface area contributed by atoms with Gasteiger partial charge in [0.2, 0.25) is 5.95 Å². The van der Waals surface area contributed by atoms with Crippen molar-refractivity contribution >= 4 is 5.95 Å². The van der Waals surface area contributed by atoms with Crippen molar-refractivity contribution in [2.45, 2.75) is 33.2 Å². The van der Waals surface area contributed by atoms with E-state index in [1.165, 1.54) is 0 Å². The van der Waals surface area contributed by atoms with Crippen LogP contribution in [0.1, 0.15) is 32.3 Å². The molecule has 0 saturated heterocycles. The number of aromatic nitrogens is 2. The molecule has 0 aliphatic heterocycles. The third-order valence-electron chi connectivity index (χ3n) is 2.35. The molecule has 90 valence electrons. The van der Waals surface area contributed by atoms with Gasteiger partial charge in [-0.3, -0.25) is 0 Å². The highest BCUT2D eigenvalue weighted by Gasteiger charge is 2.02. The predicted octanol–water partition coefficient (Wildman–Crippen LogP) is 1.82. The Morgan fingerprint density at radius 1 is 1.19 bits per heavy atom. The molecule has 1 aromatic rings. The van der Waals surface area contributed by atoms with Crippen LogP contribution in [-0.2, 0) is 6.54 Å². The lowest BCUT2D eigenvalue weighted by Gasteiger charge is -2.15. The Labute approximate surface area is 98.1 Å². The predicted molar refractivity (Wildman–Crippen MR) is 67.6 cm³/mol. The number of nitrogens with zero attached hydrogens (tertiary/aromatic N) is 3. The fraction of sp³-hybridized carbons (Fsp3) is 0.667. The minimum absolute atomic E-state index is 0.807. The summed E-state index contributed by atoms with van der Waals surface area (Å²) >= 11 is 0. The zero-order valence-corrected chi connectivity index (χ0v) is 10.5. The summed E-state index contributed by atoms with van der Waals surface area (Å²) in [7, 11) is 2.02. The molecule has 0 saturated carbocycles. The zero-order chi connectivity index (χ0) is 11.8. The summed E-state index contributed by atoms with van der Waals surface area (Å²) in [4.78, 5) is 10.8. The van der Waals surface area contributed by atoms with Crippen LogP contribution in [0, 0.1) is 0 Å². The Balaban J connectivity index is 2.47. The van der Waals surface area contributed by atoms with E-state index in [-0.39, 0.29) is 0 Å². The van der Waals surface area contributed by atoms with Crippen molar-refractivity contribution in [3.63, 3.8) is 0 Å². The van der Waals surface area contributed by atoms with Crippen molar-refractivity contribution in [3.8, 4) is 0 Å². The minimum atomic E-state index is 0.807. The molecule has 0 bridgehead atoms. The smallest absolute Gasteiger partial charge is 0.224 e. The summed E-state index contributed by atoms with van der Waals surface area (Å²) in [6, 6.07) is 0. The van der Waals surface area contributed by atoms with E-state index in [4.69, 9.17) is 0 Å². The maximum atomic E-state index is 4.35. The van der Waals surface area contributed by atoms with Crippen molar-refractivity contribution < 1.29 is 0 Å². The maximum Gasteiger partial charge on any atom is 0.224 e. The van der Waals surface area contributed by atoms with Crippen LogP contribution in [0.15, 0.2) is 12.4 Å². The van der Waals surface area contributed by atoms with Gasteiger partial charge in [0, 0.05) is 38.1 Å². The van der Waals surface area contributed by atoms with E-state index in [0.717, 1.165) is 44.0 Å². The SMILES string of the molecule is CCCNCc1cnc(N(C)CCC)nc1. The monoisotopic (exact) mass is 222 g/mol. The number of anilines is 1. The number of rotatable bonds is 7. The van der Waals surface area contributed by atoms with Crippen molar-refractivity contribution in [2.24, 2.45) is 0 Å². The maximum absolute atomic E-state index is 4.35.